The fourth-order valence-electron chi connectivity index (χ4n) is 4.13. The van der Waals surface area contributed by atoms with Crippen LogP contribution in [0.3, 0.4) is 0 Å². The van der Waals surface area contributed by atoms with E-state index in [1.165, 1.54) is 12.1 Å². The van der Waals surface area contributed by atoms with Crippen molar-refractivity contribution >= 4 is 35.0 Å². The average molecular weight is 439 g/mol. The molecule has 3 fully saturated rings. The zero-order valence-corrected chi connectivity index (χ0v) is 16.3. The second kappa shape index (κ2) is 7.30. The van der Waals surface area contributed by atoms with Crippen molar-refractivity contribution in [2.45, 2.75) is 62.2 Å². The van der Waals surface area contributed by atoms with E-state index in [0.29, 0.717) is 38.5 Å². The van der Waals surface area contributed by atoms with E-state index >= 15 is 0 Å². The van der Waals surface area contributed by atoms with E-state index in [4.69, 9.17) is 23.2 Å². The summed E-state index contributed by atoms with van der Waals surface area (Å²) in [5, 5.41) is 15.7. The van der Waals surface area contributed by atoms with E-state index in [9.17, 15) is 27.9 Å². The number of amides is 2. The highest BCUT2D eigenvalue weighted by atomic mass is 35.5. The van der Waals surface area contributed by atoms with Crippen molar-refractivity contribution in [3.8, 4) is 5.75 Å². The van der Waals surface area contributed by atoms with E-state index in [2.05, 4.69) is 10.6 Å². The largest absolute Gasteiger partial charge is 0.506 e. The molecular formula is C18H19Cl2F3N2O3. The first kappa shape index (κ1) is 21.0. The molecule has 2 amide bonds. The van der Waals surface area contributed by atoms with Gasteiger partial charge in [-0.1, -0.05) is 23.2 Å². The highest BCUT2D eigenvalue weighted by Gasteiger charge is 2.50. The molecule has 0 aliphatic heterocycles. The van der Waals surface area contributed by atoms with Crippen LogP contribution in [0.5, 0.6) is 5.75 Å². The second-order valence-electron chi connectivity index (χ2n) is 7.64. The summed E-state index contributed by atoms with van der Waals surface area (Å²) in [6.07, 6.45) is -3.08. The van der Waals surface area contributed by atoms with Crippen LogP contribution in [0.2, 0.25) is 10.0 Å². The molecule has 1 aromatic carbocycles. The number of benzene rings is 1. The van der Waals surface area contributed by atoms with Gasteiger partial charge >= 0.3 is 6.18 Å². The fourth-order valence-corrected chi connectivity index (χ4v) is 4.62. The van der Waals surface area contributed by atoms with Crippen molar-refractivity contribution in [2.75, 3.05) is 0 Å². The van der Waals surface area contributed by atoms with Gasteiger partial charge in [0.1, 0.15) is 12.2 Å². The molecular weight excluding hydrogens is 420 g/mol. The second-order valence-corrected chi connectivity index (χ2v) is 8.48. The van der Waals surface area contributed by atoms with Crippen LogP contribution in [-0.4, -0.2) is 34.2 Å². The summed E-state index contributed by atoms with van der Waals surface area (Å²) in [7, 11) is 0. The Kier molecular flexibility index (Phi) is 5.49. The Bertz CT molecular complexity index is 789. The molecule has 28 heavy (non-hydrogen) atoms. The first-order chi connectivity index (χ1) is 12.9. The lowest BCUT2D eigenvalue weighted by Gasteiger charge is -2.53. The summed E-state index contributed by atoms with van der Waals surface area (Å²) in [4.78, 5) is 24.3. The lowest BCUT2D eigenvalue weighted by molar-refractivity contribution is -0.156. The van der Waals surface area contributed by atoms with Gasteiger partial charge in [0.15, 0.2) is 0 Å². The molecule has 5 nitrogen and oxygen atoms in total. The van der Waals surface area contributed by atoms with Gasteiger partial charge in [0.05, 0.1) is 10.6 Å². The number of phenolic OH excluding ortho intramolecular Hbond substituents is 1. The first-order valence-electron chi connectivity index (χ1n) is 8.81. The van der Waals surface area contributed by atoms with Crippen LogP contribution >= 0.6 is 23.2 Å². The van der Waals surface area contributed by atoms with Crippen LogP contribution in [0, 0.1) is 0 Å². The van der Waals surface area contributed by atoms with Crippen LogP contribution in [0.25, 0.3) is 0 Å². The van der Waals surface area contributed by atoms with Gasteiger partial charge in [0, 0.05) is 16.1 Å². The molecule has 3 aliphatic rings. The average Bonchev–Trinajstić information content (AvgIpc) is 2.57. The Morgan fingerprint density at radius 1 is 1.00 bits per heavy atom. The molecule has 0 heterocycles. The van der Waals surface area contributed by atoms with Crippen molar-refractivity contribution in [3.63, 3.8) is 0 Å². The molecule has 154 valence electrons. The third-order valence-corrected chi connectivity index (χ3v) is 6.17. The Morgan fingerprint density at radius 3 is 2.00 bits per heavy atom. The summed E-state index contributed by atoms with van der Waals surface area (Å²) >= 11 is 11.8. The maximum Gasteiger partial charge on any atom is 0.397 e. The minimum Gasteiger partial charge on any atom is -0.506 e. The summed E-state index contributed by atoms with van der Waals surface area (Å²) in [6, 6.07) is 2.65. The molecule has 0 radical (unpaired) electrons. The lowest BCUT2D eigenvalue weighted by atomic mass is 9.61. The number of hydrogen-bond acceptors (Lipinski definition) is 3. The van der Waals surface area contributed by atoms with Crippen LogP contribution in [-0.2, 0) is 4.79 Å². The fraction of sp³-hybridized carbons (Fsp3) is 0.556. The number of fused-ring (bicyclic) bond motifs is 3. The standard InChI is InChI=1S/C18H19Cl2F3N2O3/c19-10-7-11(14(27)12(20)8-10)15(28)25-17-4-1-16(2-5-17,3-6-17)24-13(26)9-18(21,22)23/h7-8,27H,1-6,9H2,(H,24,26)(H,25,28). The Balaban J connectivity index is 1.65. The van der Waals surface area contributed by atoms with Crippen LogP contribution < -0.4 is 10.6 Å². The third-order valence-electron chi connectivity index (χ3n) is 5.66. The van der Waals surface area contributed by atoms with Gasteiger partial charge in [-0.25, -0.2) is 0 Å². The molecule has 3 N–H and O–H groups in total. The van der Waals surface area contributed by atoms with Crippen molar-refractivity contribution in [2.24, 2.45) is 0 Å². The van der Waals surface area contributed by atoms with Crippen molar-refractivity contribution in [3.05, 3.63) is 27.7 Å². The SMILES string of the molecule is O=C(CC(F)(F)F)NC12CCC(NC(=O)c3cc(Cl)cc(Cl)c3O)(CC1)CC2. The summed E-state index contributed by atoms with van der Waals surface area (Å²) in [5.41, 5.74) is -1.22. The zero-order valence-electron chi connectivity index (χ0n) is 14.8. The highest BCUT2D eigenvalue weighted by Crippen LogP contribution is 2.47. The minimum absolute atomic E-state index is 0.0335. The lowest BCUT2D eigenvalue weighted by Crippen LogP contribution is -2.64. The monoisotopic (exact) mass is 438 g/mol. The van der Waals surface area contributed by atoms with Crippen molar-refractivity contribution in [1.29, 1.82) is 0 Å². The zero-order chi connectivity index (χ0) is 20.7. The van der Waals surface area contributed by atoms with Crippen LogP contribution in [0.1, 0.15) is 55.3 Å². The van der Waals surface area contributed by atoms with Gasteiger partial charge in [-0.05, 0) is 50.7 Å². The molecule has 0 saturated heterocycles. The number of halogens is 5. The molecule has 1 aromatic rings. The summed E-state index contributed by atoms with van der Waals surface area (Å²) < 4.78 is 37.2. The minimum atomic E-state index is -4.54. The quantitative estimate of drug-likeness (QED) is 0.653. The van der Waals surface area contributed by atoms with Gasteiger partial charge in [-0.3, -0.25) is 9.59 Å². The Hall–Kier alpha value is -1.67. The van der Waals surface area contributed by atoms with Gasteiger partial charge in [0.2, 0.25) is 5.91 Å². The highest BCUT2D eigenvalue weighted by molar-refractivity contribution is 6.36. The van der Waals surface area contributed by atoms with Gasteiger partial charge in [0.25, 0.3) is 5.91 Å². The molecule has 2 bridgehead atoms. The number of phenols is 1. The van der Waals surface area contributed by atoms with E-state index in [1.54, 1.807) is 0 Å². The molecule has 0 aromatic heterocycles. The van der Waals surface area contributed by atoms with E-state index in [1.807, 2.05) is 0 Å². The third kappa shape index (κ3) is 4.49. The molecule has 0 atom stereocenters. The summed E-state index contributed by atoms with van der Waals surface area (Å²) in [5.74, 6) is -1.90. The van der Waals surface area contributed by atoms with Gasteiger partial charge in [-0.15, -0.1) is 0 Å². The number of hydrogen-bond donors (Lipinski definition) is 3. The number of alkyl halides is 3. The maximum absolute atomic E-state index is 12.7. The molecule has 0 unspecified atom stereocenters. The Morgan fingerprint density at radius 2 is 1.50 bits per heavy atom. The first-order valence-corrected chi connectivity index (χ1v) is 9.57. The number of carbonyl (C=O) groups is 2. The van der Waals surface area contributed by atoms with Crippen LogP contribution in [0.15, 0.2) is 12.1 Å². The van der Waals surface area contributed by atoms with Gasteiger partial charge in [-0.2, -0.15) is 13.2 Å². The number of carbonyl (C=O) groups excluding carboxylic acids is 2. The predicted octanol–water partition coefficient (Wildman–Crippen LogP) is 4.34. The van der Waals surface area contributed by atoms with E-state index in [-0.39, 0.29) is 21.4 Å². The van der Waals surface area contributed by atoms with Crippen molar-refractivity contribution < 1.29 is 27.9 Å². The molecule has 3 saturated carbocycles. The molecule has 3 aliphatic carbocycles. The normalized spacial score (nSPS) is 26.8. The van der Waals surface area contributed by atoms with Gasteiger partial charge < -0.3 is 15.7 Å². The smallest absolute Gasteiger partial charge is 0.397 e. The van der Waals surface area contributed by atoms with E-state index in [0.717, 1.165) is 0 Å². The number of nitrogens with one attached hydrogen (secondary N) is 2. The number of rotatable bonds is 4. The van der Waals surface area contributed by atoms with E-state index < -0.39 is 35.5 Å². The maximum atomic E-state index is 12.7. The van der Waals surface area contributed by atoms with Crippen LogP contribution in [0.4, 0.5) is 13.2 Å². The summed E-state index contributed by atoms with van der Waals surface area (Å²) in [6.45, 7) is 0. The topological polar surface area (TPSA) is 78.4 Å². The molecule has 10 heteroatoms. The van der Waals surface area contributed by atoms with Crippen molar-refractivity contribution in [1.82, 2.24) is 10.6 Å². The number of aromatic hydroxyl groups is 1. The Labute approximate surface area is 169 Å². The molecule has 0 spiro atoms. The molecule has 4 rings (SSSR count). The predicted molar refractivity (Wildman–Crippen MR) is 97.6 cm³/mol.